The van der Waals surface area contributed by atoms with Crippen LogP contribution in [0.2, 0.25) is 0 Å². The highest BCUT2D eigenvalue weighted by molar-refractivity contribution is 7.71. The molecule has 0 bridgehead atoms. The highest BCUT2D eigenvalue weighted by atomic mass is 32.1. The molecule has 0 aliphatic carbocycles. The molecule has 9 nitrogen and oxygen atoms in total. The number of hydrogen-bond acceptors (Lipinski definition) is 7. The zero-order chi connectivity index (χ0) is 24.5. The van der Waals surface area contributed by atoms with Crippen LogP contribution in [-0.2, 0) is 17.7 Å². The Morgan fingerprint density at radius 3 is 2.57 bits per heavy atom. The molecular weight excluding hydrogens is 466 g/mol. The number of aromatic nitrogens is 3. The lowest BCUT2D eigenvalue weighted by Gasteiger charge is -2.27. The molecule has 5 rings (SSSR count). The predicted molar refractivity (Wildman–Crippen MR) is 137 cm³/mol. The minimum atomic E-state index is -0.0414. The second-order valence-corrected chi connectivity index (χ2v) is 8.69. The number of benzene rings is 2. The number of carbonyl (C=O) groups excluding carboxylic acids is 1. The fourth-order valence-electron chi connectivity index (χ4n) is 4.54. The van der Waals surface area contributed by atoms with E-state index in [1.807, 2.05) is 46.0 Å². The first kappa shape index (κ1) is 23.1. The molecule has 2 aromatic heterocycles. The van der Waals surface area contributed by atoms with E-state index in [0.29, 0.717) is 66.9 Å². The number of amides is 1. The molecule has 35 heavy (non-hydrogen) atoms. The van der Waals surface area contributed by atoms with Gasteiger partial charge in [0.25, 0.3) is 0 Å². The van der Waals surface area contributed by atoms with Gasteiger partial charge in [-0.05, 0) is 36.3 Å². The van der Waals surface area contributed by atoms with E-state index in [2.05, 4.69) is 4.98 Å². The second-order valence-electron chi connectivity index (χ2n) is 8.33. The molecule has 3 heterocycles. The molecule has 2 aromatic carbocycles. The van der Waals surface area contributed by atoms with Gasteiger partial charge in [0, 0.05) is 42.7 Å². The van der Waals surface area contributed by atoms with Crippen LogP contribution in [0.5, 0.6) is 11.5 Å². The quantitative estimate of drug-likeness (QED) is 0.422. The summed E-state index contributed by atoms with van der Waals surface area (Å²) in [6.45, 7) is 2.80. The third kappa shape index (κ3) is 4.19. The Bertz CT molecular complexity index is 1470. The lowest BCUT2D eigenvalue weighted by Crippen LogP contribution is -2.42. The second kappa shape index (κ2) is 9.55. The number of para-hydroxylation sites is 1. The van der Waals surface area contributed by atoms with Gasteiger partial charge >= 0.3 is 6.03 Å². The maximum Gasteiger partial charge on any atom is 0.328 e. The smallest absolute Gasteiger partial charge is 0.328 e. The molecular formula is C25H27N5O4S. The summed E-state index contributed by atoms with van der Waals surface area (Å²) < 4.78 is 20.1. The van der Waals surface area contributed by atoms with Crippen molar-refractivity contribution in [1.29, 1.82) is 0 Å². The molecule has 10 heteroatoms. The lowest BCUT2D eigenvalue weighted by atomic mass is 10.1. The maximum atomic E-state index is 13.2. The first-order valence-electron chi connectivity index (χ1n) is 11.4. The summed E-state index contributed by atoms with van der Waals surface area (Å²) in [6.07, 6.45) is 2.55. The summed E-state index contributed by atoms with van der Waals surface area (Å²) in [6, 6.07) is 11.5. The highest BCUT2D eigenvalue weighted by Gasteiger charge is 2.21. The fraction of sp³-hybridized carbons (Fsp3) is 0.320. The molecule has 0 saturated carbocycles. The summed E-state index contributed by atoms with van der Waals surface area (Å²) >= 11 is 5.57. The number of ether oxygens (including phenoxy) is 3. The Balaban J connectivity index is 1.49. The summed E-state index contributed by atoms with van der Waals surface area (Å²) in [5, 5.41) is 1.76. The highest BCUT2D eigenvalue weighted by Crippen LogP contribution is 2.34. The number of aryl methyl sites for hydroxylation is 1. The number of fused-ring (bicyclic) bond motifs is 2. The third-order valence-electron chi connectivity index (χ3n) is 6.40. The van der Waals surface area contributed by atoms with Crippen LogP contribution in [0.3, 0.4) is 0 Å². The van der Waals surface area contributed by atoms with Crippen molar-refractivity contribution in [2.24, 2.45) is 0 Å². The van der Waals surface area contributed by atoms with E-state index in [4.69, 9.17) is 32.2 Å². The zero-order valence-corrected chi connectivity index (χ0v) is 20.5. The fourth-order valence-corrected chi connectivity index (χ4v) is 4.83. The SMILES string of the molecule is COc1cc2nc(=S)n(CCc3cn(C(=O)N4CCOCC4)c4ccccc34)c(N)c2cc1OC. The topological polar surface area (TPSA) is 96.8 Å². The van der Waals surface area contributed by atoms with Crippen molar-refractivity contribution in [1.82, 2.24) is 19.0 Å². The van der Waals surface area contributed by atoms with Crippen LogP contribution < -0.4 is 15.2 Å². The Morgan fingerprint density at radius 1 is 1.11 bits per heavy atom. The van der Waals surface area contributed by atoms with Gasteiger partial charge in [0.15, 0.2) is 11.5 Å². The average Bonchev–Trinajstić information content (AvgIpc) is 3.26. The average molecular weight is 494 g/mol. The Hall–Kier alpha value is -3.63. The van der Waals surface area contributed by atoms with Gasteiger partial charge in [-0.15, -0.1) is 0 Å². The molecule has 0 atom stereocenters. The molecule has 182 valence electrons. The lowest BCUT2D eigenvalue weighted by molar-refractivity contribution is 0.0537. The monoisotopic (exact) mass is 493 g/mol. The Morgan fingerprint density at radius 2 is 1.83 bits per heavy atom. The standard InChI is InChI=1S/C25H27N5O4S/c1-32-21-13-18-19(14-22(21)33-2)27-24(35)29(23(18)26)8-7-16-15-30(20-6-4-3-5-17(16)20)25(31)28-9-11-34-12-10-28/h3-6,13-15H,7-12,26H2,1-2H3. The number of morpholine rings is 1. The molecule has 1 saturated heterocycles. The summed E-state index contributed by atoms with van der Waals surface area (Å²) in [4.78, 5) is 19.6. The number of hydrogen-bond donors (Lipinski definition) is 1. The number of carbonyl (C=O) groups is 1. The number of methoxy groups -OCH3 is 2. The van der Waals surface area contributed by atoms with Crippen molar-refractivity contribution >= 4 is 45.9 Å². The van der Waals surface area contributed by atoms with Gasteiger partial charge in [-0.25, -0.2) is 9.78 Å². The minimum absolute atomic E-state index is 0.0414. The van der Waals surface area contributed by atoms with E-state index in [1.54, 1.807) is 24.9 Å². The molecule has 1 aliphatic heterocycles. The van der Waals surface area contributed by atoms with Gasteiger partial charge in [0.05, 0.1) is 38.5 Å². The van der Waals surface area contributed by atoms with Crippen molar-refractivity contribution in [3.05, 3.63) is 52.9 Å². The summed E-state index contributed by atoms with van der Waals surface area (Å²) in [5.74, 6) is 1.65. The first-order chi connectivity index (χ1) is 17.0. The van der Waals surface area contributed by atoms with Crippen LogP contribution in [0.25, 0.3) is 21.8 Å². The summed E-state index contributed by atoms with van der Waals surface area (Å²) in [7, 11) is 3.15. The van der Waals surface area contributed by atoms with Crippen LogP contribution in [-0.4, -0.2) is 65.6 Å². The Labute approximate surface area is 207 Å². The molecule has 1 aliphatic rings. The van der Waals surface area contributed by atoms with E-state index in [9.17, 15) is 4.79 Å². The van der Waals surface area contributed by atoms with E-state index < -0.39 is 0 Å². The van der Waals surface area contributed by atoms with Gasteiger partial charge in [0.1, 0.15) is 5.82 Å². The predicted octanol–water partition coefficient (Wildman–Crippen LogP) is 3.86. The van der Waals surface area contributed by atoms with Gasteiger partial charge in [0.2, 0.25) is 4.77 Å². The molecule has 4 aromatic rings. The molecule has 0 unspecified atom stereocenters. The molecule has 1 fully saturated rings. The van der Waals surface area contributed by atoms with Crippen LogP contribution in [0.1, 0.15) is 5.56 Å². The third-order valence-corrected chi connectivity index (χ3v) is 6.71. The van der Waals surface area contributed by atoms with Crippen molar-refractivity contribution in [3.8, 4) is 11.5 Å². The van der Waals surface area contributed by atoms with Crippen molar-refractivity contribution in [2.75, 3.05) is 46.3 Å². The van der Waals surface area contributed by atoms with E-state index >= 15 is 0 Å². The van der Waals surface area contributed by atoms with E-state index in [-0.39, 0.29) is 6.03 Å². The molecule has 0 spiro atoms. The van der Waals surface area contributed by atoms with E-state index in [1.165, 1.54) is 0 Å². The summed E-state index contributed by atoms with van der Waals surface area (Å²) in [5.41, 5.74) is 9.11. The van der Waals surface area contributed by atoms with E-state index in [0.717, 1.165) is 21.9 Å². The maximum absolute atomic E-state index is 13.2. The van der Waals surface area contributed by atoms with Gasteiger partial charge < -0.3 is 29.4 Å². The largest absolute Gasteiger partial charge is 0.493 e. The van der Waals surface area contributed by atoms with Gasteiger partial charge in [-0.3, -0.25) is 4.57 Å². The van der Waals surface area contributed by atoms with Crippen LogP contribution in [0, 0.1) is 4.77 Å². The normalized spacial score (nSPS) is 13.9. The first-order valence-corrected chi connectivity index (χ1v) is 11.8. The van der Waals surface area contributed by atoms with Gasteiger partial charge in [-0.1, -0.05) is 18.2 Å². The molecule has 1 amide bonds. The number of nitrogen functional groups attached to an aromatic ring is 1. The number of nitrogens with zero attached hydrogens (tertiary/aromatic N) is 4. The number of rotatable bonds is 5. The van der Waals surface area contributed by atoms with Crippen molar-refractivity contribution in [3.63, 3.8) is 0 Å². The Kier molecular flexibility index (Phi) is 6.31. The molecule has 2 N–H and O–H groups in total. The number of nitrogens with two attached hydrogens (primary N) is 1. The van der Waals surface area contributed by atoms with Crippen molar-refractivity contribution < 1.29 is 19.0 Å². The molecule has 0 radical (unpaired) electrons. The van der Waals surface area contributed by atoms with Crippen LogP contribution >= 0.6 is 12.2 Å². The zero-order valence-electron chi connectivity index (χ0n) is 19.7. The van der Waals surface area contributed by atoms with Crippen molar-refractivity contribution in [2.45, 2.75) is 13.0 Å². The minimum Gasteiger partial charge on any atom is -0.493 e. The van der Waals surface area contributed by atoms with Gasteiger partial charge in [-0.2, -0.15) is 0 Å². The number of anilines is 1. The van der Waals surface area contributed by atoms with Crippen LogP contribution in [0.4, 0.5) is 10.6 Å². The van der Waals surface area contributed by atoms with Crippen LogP contribution in [0.15, 0.2) is 42.6 Å².